The lowest BCUT2D eigenvalue weighted by Gasteiger charge is -2.09. The van der Waals surface area contributed by atoms with Gasteiger partial charge in [-0.1, -0.05) is 30.0 Å². The van der Waals surface area contributed by atoms with Crippen molar-refractivity contribution in [3.05, 3.63) is 47.5 Å². The number of phenolic OH excluding ortho intramolecular Hbond substituents is 1. The van der Waals surface area contributed by atoms with Gasteiger partial charge in [0.05, 0.1) is 5.56 Å². The second-order valence-electron chi connectivity index (χ2n) is 4.33. The van der Waals surface area contributed by atoms with Crippen LogP contribution in [-0.2, 0) is 6.42 Å². The first-order valence-electron chi connectivity index (χ1n) is 5.89. The van der Waals surface area contributed by atoms with E-state index >= 15 is 0 Å². The molecule has 1 aliphatic heterocycles. The van der Waals surface area contributed by atoms with Crippen molar-refractivity contribution in [3.8, 4) is 5.75 Å². The van der Waals surface area contributed by atoms with Crippen molar-refractivity contribution in [2.45, 2.75) is 21.1 Å². The van der Waals surface area contributed by atoms with Crippen LogP contribution in [0.2, 0.25) is 0 Å². The fourth-order valence-corrected chi connectivity index (χ4v) is 3.89. The zero-order valence-electron chi connectivity index (χ0n) is 10.3. The average molecular weight is 288 g/mol. The summed E-state index contributed by atoms with van der Waals surface area (Å²) in [5.41, 5.74) is 1.48. The van der Waals surface area contributed by atoms with Gasteiger partial charge >= 0.3 is 0 Å². The molecule has 0 spiro atoms. The molecule has 3 rings (SSSR count). The summed E-state index contributed by atoms with van der Waals surface area (Å²) in [6.45, 7) is 0. The number of hydrogen-bond acceptors (Lipinski definition) is 4. The second kappa shape index (κ2) is 4.94. The molecule has 2 aromatic rings. The van der Waals surface area contributed by atoms with Gasteiger partial charge in [0.1, 0.15) is 5.75 Å². The van der Waals surface area contributed by atoms with E-state index in [9.17, 15) is 9.90 Å². The van der Waals surface area contributed by atoms with Crippen LogP contribution in [0, 0.1) is 0 Å². The number of phenols is 1. The first kappa shape index (κ1) is 12.6. The third-order valence-corrected chi connectivity index (χ3v) is 4.98. The lowest BCUT2D eigenvalue weighted by atomic mass is 10.0. The van der Waals surface area contributed by atoms with Crippen LogP contribution in [-0.4, -0.2) is 17.1 Å². The molecular weight excluding hydrogens is 276 g/mol. The van der Waals surface area contributed by atoms with Gasteiger partial charge < -0.3 is 5.11 Å². The Balaban J connectivity index is 2.20. The summed E-state index contributed by atoms with van der Waals surface area (Å²) in [7, 11) is 0. The quantitative estimate of drug-likeness (QED) is 0.805. The van der Waals surface area contributed by atoms with Gasteiger partial charge in [-0.05, 0) is 30.0 Å². The van der Waals surface area contributed by atoms with E-state index in [4.69, 9.17) is 0 Å². The molecule has 0 aromatic heterocycles. The van der Waals surface area contributed by atoms with Crippen LogP contribution >= 0.6 is 23.5 Å². The minimum atomic E-state index is -0.0161. The Morgan fingerprint density at radius 3 is 2.79 bits per heavy atom. The van der Waals surface area contributed by atoms with Crippen molar-refractivity contribution in [1.82, 2.24) is 0 Å². The van der Waals surface area contributed by atoms with Gasteiger partial charge in [0, 0.05) is 21.1 Å². The maximum absolute atomic E-state index is 12.3. The summed E-state index contributed by atoms with van der Waals surface area (Å²) < 4.78 is 0. The molecule has 0 bridgehead atoms. The van der Waals surface area contributed by atoms with Gasteiger partial charge in [-0.15, -0.1) is 11.8 Å². The minimum Gasteiger partial charge on any atom is -0.507 e. The van der Waals surface area contributed by atoms with Gasteiger partial charge in [0.2, 0.25) is 0 Å². The van der Waals surface area contributed by atoms with Crippen LogP contribution in [0.1, 0.15) is 15.9 Å². The van der Waals surface area contributed by atoms with Crippen LogP contribution in [0.4, 0.5) is 0 Å². The molecule has 0 fully saturated rings. The molecule has 4 heteroatoms. The molecule has 0 aliphatic carbocycles. The van der Waals surface area contributed by atoms with E-state index in [-0.39, 0.29) is 11.5 Å². The lowest BCUT2D eigenvalue weighted by Crippen LogP contribution is -2.03. The molecule has 0 saturated heterocycles. The van der Waals surface area contributed by atoms with E-state index in [1.807, 2.05) is 36.6 Å². The predicted octanol–water partition coefficient (Wildman–Crippen LogP) is 4.00. The summed E-state index contributed by atoms with van der Waals surface area (Å²) >= 11 is 3.12. The Labute approximate surface area is 120 Å². The molecule has 2 nitrogen and oxygen atoms in total. The van der Waals surface area contributed by atoms with Crippen LogP contribution in [0.3, 0.4) is 0 Å². The molecule has 1 N–H and O–H groups in total. The Kier molecular flexibility index (Phi) is 3.29. The number of fused-ring (bicyclic) bond motifs is 2. The van der Waals surface area contributed by atoms with Crippen LogP contribution in [0.5, 0.6) is 5.75 Å². The highest BCUT2D eigenvalue weighted by molar-refractivity contribution is 8.00. The summed E-state index contributed by atoms with van der Waals surface area (Å²) in [6.07, 6.45) is 2.31. The lowest BCUT2D eigenvalue weighted by molar-refractivity contribution is 0.0987. The molecule has 0 radical (unpaired) electrons. The standard InChI is InChI=1S/C15H12O2S2/c1-18-10-7-12(17)15-11(16)6-9-4-2-3-5-13(9)19-14(15)8-10/h2-5,7-8,17H,6H2,1H3. The fraction of sp³-hybridized carbons (Fsp3) is 0.133. The second-order valence-corrected chi connectivity index (χ2v) is 6.29. The number of rotatable bonds is 1. The van der Waals surface area contributed by atoms with Crippen LogP contribution in [0.25, 0.3) is 0 Å². The van der Waals surface area contributed by atoms with Crippen LogP contribution in [0.15, 0.2) is 51.1 Å². The molecule has 1 aliphatic rings. The van der Waals surface area contributed by atoms with E-state index in [1.165, 1.54) is 0 Å². The summed E-state index contributed by atoms with van der Waals surface area (Å²) in [5, 5.41) is 10.1. The summed E-state index contributed by atoms with van der Waals surface area (Å²) in [5.74, 6) is 0.0739. The fourth-order valence-electron chi connectivity index (χ4n) is 2.18. The maximum atomic E-state index is 12.3. The van der Waals surface area contributed by atoms with Gasteiger partial charge in [0.25, 0.3) is 0 Å². The predicted molar refractivity (Wildman–Crippen MR) is 78.5 cm³/mol. The maximum Gasteiger partial charge on any atom is 0.172 e. The Morgan fingerprint density at radius 2 is 2.00 bits per heavy atom. The van der Waals surface area contributed by atoms with E-state index < -0.39 is 0 Å². The molecule has 1 heterocycles. The van der Waals surface area contributed by atoms with Crippen molar-refractivity contribution in [3.63, 3.8) is 0 Å². The number of Topliss-reactive ketones (excluding diaryl/α,β-unsaturated/α-hetero) is 1. The van der Waals surface area contributed by atoms with E-state index in [0.29, 0.717) is 12.0 Å². The molecule has 2 aromatic carbocycles. The van der Waals surface area contributed by atoms with Gasteiger partial charge in [-0.2, -0.15) is 0 Å². The van der Waals surface area contributed by atoms with Crippen molar-refractivity contribution in [2.24, 2.45) is 0 Å². The minimum absolute atomic E-state index is 0.0161. The average Bonchev–Trinajstić information content (AvgIpc) is 2.54. The molecule has 0 unspecified atom stereocenters. The van der Waals surface area contributed by atoms with E-state index in [1.54, 1.807) is 29.6 Å². The molecule has 0 atom stereocenters. The number of ketones is 1. The van der Waals surface area contributed by atoms with Crippen LogP contribution < -0.4 is 0 Å². The van der Waals surface area contributed by atoms with E-state index in [0.717, 1.165) is 20.2 Å². The first-order valence-corrected chi connectivity index (χ1v) is 7.93. The Morgan fingerprint density at radius 1 is 1.21 bits per heavy atom. The van der Waals surface area contributed by atoms with Crippen molar-refractivity contribution in [2.75, 3.05) is 6.26 Å². The number of hydrogen-bond donors (Lipinski definition) is 1. The third kappa shape index (κ3) is 2.26. The number of benzene rings is 2. The first-order chi connectivity index (χ1) is 9.19. The normalized spacial score (nSPS) is 13.6. The smallest absolute Gasteiger partial charge is 0.172 e. The number of aromatic hydroxyl groups is 1. The van der Waals surface area contributed by atoms with Crippen molar-refractivity contribution in [1.29, 1.82) is 0 Å². The zero-order valence-corrected chi connectivity index (χ0v) is 12.0. The topological polar surface area (TPSA) is 37.3 Å². The number of thioether (sulfide) groups is 1. The summed E-state index contributed by atoms with van der Waals surface area (Å²) in [4.78, 5) is 15.2. The largest absolute Gasteiger partial charge is 0.507 e. The van der Waals surface area contributed by atoms with E-state index in [2.05, 4.69) is 0 Å². The SMILES string of the molecule is CSc1cc(O)c2c(c1)Sc1ccccc1CC2=O. The van der Waals surface area contributed by atoms with Crippen molar-refractivity contribution < 1.29 is 9.90 Å². The third-order valence-electron chi connectivity index (χ3n) is 3.11. The van der Waals surface area contributed by atoms with Gasteiger partial charge in [-0.25, -0.2) is 0 Å². The Bertz CT molecular complexity index is 665. The highest BCUT2D eigenvalue weighted by Crippen LogP contribution is 2.42. The molecule has 19 heavy (non-hydrogen) atoms. The monoisotopic (exact) mass is 288 g/mol. The highest BCUT2D eigenvalue weighted by Gasteiger charge is 2.23. The molecule has 0 amide bonds. The molecular formula is C15H12O2S2. The molecule has 96 valence electrons. The highest BCUT2D eigenvalue weighted by atomic mass is 32.2. The van der Waals surface area contributed by atoms with Gasteiger partial charge in [-0.3, -0.25) is 4.79 Å². The zero-order chi connectivity index (χ0) is 13.4. The molecule has 0 saturated carbocycles. The van der Waals surface area contributed by atoms with Gasteiger partial charge in [0.15, 0.2) is 5.78 Å². The van der Waals surface area contributed by atoms with Crippen molar-refractivity contribution >= 4 is 29.3 Å². The summed E-state index contributed by atoms with van der Waals surface area (Å²) in [6, 6.07) is 11.5. The Hall–Kier alpha value is -1.39. The number of carbonyl (C=O) groups excluding carboxylic acids is 1. The number of carbonyl (C=O) groups is 1.